The highest BCUT2D eigenvalue weighted by Crippen LogP contribution is 2.42. The third-order valence-electron chi connectivity index (χ3n) is 5.23. The Labute approximate surface area is 216 Å². The Bertz CT molecular complexity index is 1330. The molecule has 176 valence electrons. The molecule has 2 heterocycles. The van der Waals surface area contributed by atoms with Crippen LogP contribution in [0.3, 0.4) is 0 Å². The van der Waals surface area contributed by atoms with E-state index >= 15 is 0 Å². The number of nitrogens with one attached hydrogen (secondary N) is 3. The van der Waals surface area contributed by atoms with E-state index in [9.17, 15) is 14.9 Å². The number of hydrogen-bond acceptors (Lipinski definition) is 6. The van der Waals surface area contributed by atoms with E-state index in [0.29, 0.717) is 38.3 Å². The molecule has 0 saturated carbocycles. The Morgan fingerprint density at radius 2 is 1.77 bits per heavy atom. The number of carbonyl (C=O) groups is 2. The van der Waals surface area contributed by atoms with Gasteiger partial charge in [0.15, 0.2) is 0 Å². The Morgan fingerprint density at radius 3 is 2.43 bits per heavy atom. The second-order valence-corrected chi connectivity index (χ2v) is 10.0. The number of anilines is 2. The second-order valence-electron chi connectivity index (χ2n) is 7.63. The van der Waals surface area contributed by atoms with Crippen LogP contribution in [-0.4, -0.2) is 17.6 Å². The lowest BCUT2D eigenvalue weighted by Gasteiger charge is -2.29. The molecule has 3 N–H and O–H groups in total. The number of carbonyl (C=O) groups excluding carboxylic acids is 2. The van der Waals surface area contributed by atoms with Crippen molar-refractivity contribution in [2.75, 3.05) is 16.4 Å². The highest BCUT2D eigenvalue weighted by molar-refractivity contribution is 8.03. The summed E-state index contributed by atoms with van der Waals surface area (Å²) in [5, 5.41) is 22.1. The van der Waals surface area contributed by atoms with Gasteiger partial charge in [-0.05, 0) is 54.8 Å². The second kappa shape index (κ2) is 11.3. The fourth-order valence-corrected chi connectivity index (χ4v) is 5.52. The van der Waals surface area contributed by atoms with Gasteiger partial charge in [0.05, 0.1) is 28.3 Å². The van der Waals surface area contributed by atoms with Gasteiger partial charge < -0.3 is 16.0 Å². The first kappa shape index (κ1) is 24.6. The molecule has 1 aliphatic rings. The van der Waals surface area contributed by atoms with Crippen molar-refractivity contribution < 1.29 is 9.59 Å². The van der Waals surface area contributed by atoms with Crippen LogP contribution in [0.5, 0.6) is 0 Å². The number of halogens is 1. The molecule has 0 bridgehead atoms. The number of dihydropyridines is 1. The highest BCUT2D eigenvalue weighted by Gasteiger charge is 2.35. The molecule has 0 spiro atoms. The van der Waals surface area contributed by atoms with Crippen LogP contribution in [0.15, 0.2) is 94.0 Å². The zero-order valence-electron chi connectivity index (χ0n) is 18.7. The third-order valence-corrected chi connectivity index (χ3v) is 7.43. The van der Waals surface area contributed by atoms with Crippen molar-refractivity contribution in [1.29, 1.82) is 5.26 Å². The van der Waals surface area contributed by atoms with Crippen LogP contribution in [0.4, 0.5) is 11.4 Å². The van der Waals surface area contributed by atoms with Gasteiger partial charge in [-0.3, -0.25) is 9.59 Å². The minimum atomic E-state index is -0.535. The SMILES string of the molecule is CC1=C(C(=O)Nc2ccccc2)[C@H](c2cccs2)C(C#N)=C(SCC(=O)Nc2ccc(Cl)cc2)N1. The summed E-state index contributed by atoms with van der Waals surface area (Å²) in [6.07, 6.45) is 0. The van der Waals surface area contributed by atoms with Gasteiger partial charge >= 0.3 is 0 Å². The summed E-state index contributed by atoms with van der Waals surface area (Å²) in [5.41, 5.74) is 2.82. The molecule has 1 aromatic heterocycles. The van der Waals surface area contributed by atoms with Crippen LogP contribution in [0.2, 0.25) is 5.02 Å². The number of thioether (sulfide) groups is 1. The van der Waals surface area contributed by atoms with E-state index < -0.39 is 5.92 Å². The predicted octanol–water partition coefficient (Wildman–Crippen LogP) is 6.11. The molecule has 1 atom stereocenters. The quantitative estimate of drug-likeness (QED) is 0.349. The minimum Gasteiger partial charge on any atom is -0.353 e. The first-order chi connectivity index (χ1) is 17.0. The van der Waals surface area contributed by atoms with E-state index in [4.69, 9.17) is 11.6 Å². The number of rotatable bonds is 7. The van der Waals surface area contributed by atoms with Gasteiger partial charge in [0.2, 0.25) is 5.91 Å². The van der Waals surface area contributed by atoms with E-state index in [-0.39, 0.29) is 17.6 Å². The molecule has 6 nitrogen and oxygen atoms in total. The lowest BCUT2D eigenvalue weighted by molar-refractivity contribution is -0.114. The normalized spacial score (nSPS) is 15.3. The van der Waals surface area contributed by atoms with E-state index in [1.165, 1.54) is 23.1 Å². The summed E-state index contributed by atoms with van der Waals surface area (Å²) in [6.45, 7) is 1.81. The molecule has 4 rings (SSSR count). The van der Waals surface area contributed by atoms with E-state index in [1.807, 2.05) is 54.8 Å². The molecule has 9 heteroatoms. The van der Waals surface area contributed by atoms with Crippen molar-refractivity contribution in [3.05, 3.63) is 104 Å². The molecule has 2 amide bonds. The average molecular weight is 521 g/mol. The predicted molar refractivity (Wildman–Crippen MR) is 143 cm³/mol. The topological polar surface area (TPSA) is 94.0 Å². The summed E-state index contributed by atoms with van der Waals surface area (Å²) in [5.74, 6) is -0.943. The van der Waals surface area contributed by atoms with Crippen molar-refractivity contribution in [1.82, 2.24) is 5.32 Å². The number of thiophene rings is 1. The zero-order valence-corrected chi connectivity index (χ0v) is 21.1. The molecule has 3 aromatic rings. The Hall–Kier alpha value is -3.51. The van der Waals surface area contributed by atoms with Crippen LogP contribution in [-0.2, 0) is 9.59 Å². The van der Waals surface area contributed by atoms with Crippen LogP contribution >= 0.6 is 34.7 Å². The maximum absolute atomic E-state index is 13.3. The lowest BCUT2D eigenvalue weighted by atomic mass is 9.86. The number of nitriles is 1. The molecule has 0 fully saturated rings. The van der Waals surface area contributed by atoms with Gasteiger partial charge in [-0.15, -0.1) is 11.3 Å². The van der Waals surface area contributed by atoms with Gasteiger partial charge in [0.25, 0.3) is 5.91 Å². The molecule has 0 saturated heterocycles. The van der Waals surface area contributed by atoms with Gasteiger partial charge in [0, 0.05) is 32.5 Å². The molecular formula is C26H21ClN4O2S2. The lowest BCUT2D eigenvalue weighted by Crippen LogP contribution is -2.30. The molecule has 2 aromatic carbocycles. The maximum Gasteiger partial charge on any atom is 0.254 e. The number of para-hydroxylation sites is 1. The summed E-state index contributed by atoms with van der Waals surface area (Å²) in [6, 6.07) is 22.1. The molecule has 0 aliphatic carbocycles. The summed E-state index contributed by atoms with van der Waals surface area (Å²) in [7, 11) is 0. The van der Waals surface area contributed by atoms with Crippen molar-refractivity contribution in [3.8, 4) is 6.07 Å². The first-order valence-corrected chi connectivity index (χ1v) is 12.9. The van der Waals surface area contributed by atoms with E-state index in [0.717, 1.165) is 4.88 Å². The van der Waals surface area contributed by atoms with Crippen LogP contribution in [0.25, 0.3) is 0 Å². The van der Waals surface area contributed by atoms with Crippen LogP contribution < -0.4 is 16.0 Å². The minimum absolute atomic E-state index is 0.0894. The third kappa shape index (κ3) is 5.95. The van der Waals surface area contributed by atoms with Crippen LogP contribution in [0.1, 0.15) is 17.7 Å². The van der Waals surface area contributed by atoms with Gasteiger partial charge in [-0.2, -0.15) is 5.26 Å². The van der Waals surface area contributed by atoms with Crippen LogP contribution in [0, 0.1) is 11.3 Å². The monoisotopic (exact) mass is 520 g/mol. The van der Waals surface area contributed by atoms with Gasteiger partial charge in [-0.25, -0.2) is 0 Å². The Balaban J connectivity index is 1.57. The summed E-state index contributed by atoms with van der Waals surface area (Å²) >= 11 is 8.61. The standard InChI is InChI=1S/C26H21ClN4O2S2/c1-16-23(25(33)31-18-6-3-2-4-7-18)24(21-8-5-13-34-21)20(14-28)26(29-16)35-15-22(32)30-19-11-9-17(27)10-12-19/h2-13,24,29H,15H2,1H3,(H,30,32)(H,31,33)/t24-/m0/s1. The first-order valence-electron chi connectivity index (χ1n) is 10.7. The Kier molecular flexibility index (Phi) is 7.93. The molecule has 0 radical (unpaired) electrons. The molecule has 0 unspecified atom stereocenters. The van der Waals surface area contributed by atoms with Crippen molar-refractivity contribution in [2.45, 2.75) is 12.8 Å². The highest BCUT2D eigenvalue weighted by atomic mass is 35.5. The largest absolute Gasteiger partial charge is 0.353 e. The molecular weight excluding hydrogens is 500 g/mol. The number of amides is 2. The molecule has 35 heavy (non-hydrogen) atoms. The van der Waals surface area contributed by atoms with Gasteiger partial charge in [-0.1, -0.05) is 47.6 Å². The van der Waals surface area contributed by atoms with Crippen molar-refractivity contribution >= 4 is 57.9 Å². The number of allylic oxidation sites excluding steroid dienone is 2. The maximum atomic E-state index is 13.3. The van der Waals surface area contributed by atoms with Crippen molar-refractivity contribution in [3.63, 3.8) is 0 Å². The smallest absolute Gasteiger partial charge is 0.254 e. The number of hydrogen-bond donors (Lipinski definition) is 3. The van der Waals surface area contributed by atoms with Gasteiger partial charge in [0.1, 0.15) is 0 Å². The van der Waals surface area contributed by atoms with E-state index in [1.54, 1.807) is 24.3 Å². The van der Waals surface area contributed by atoms with Crippen molar-refractivity contribution in [2.24, 2.45) is 0 Å². The Morgan fingerprint density at radius 1 is 1.06 bits per heavy atom. The summed E-state index contributed by atoms with van der Waals surface area (Å²) in [4.78, 5) is 26.7. The number of nitrogens with zero attached hydrogens (tertiary/aromatic N) is 1. The summed E-state index contributed by atoms with van der Waals surface area (Å²) < 4.78 is 0. The average Bonchev–Trinajstić information content (AvgIpc) is 3.39. The fourth-order valence-electron chi connectivity index (χ4n) is 3.66. The fraction of sp³-hybridized carbons (Fsp3) is 0.115. The van der Waals surface area contributed by atoms with E-state index in [2.05, 4.69) is 22.0 Å². The molecule has 1 aliphatic heterocycles. The zero-order chi connectivity index (χ0) is 24.8. The number of benzene rings is 2.